The van der Waals surface area contributed by atoms with Gasteiger partial charge in [0.15, 0.2) is 0 Å². The Morgan fingerprint density at radius 2 is 1.71 bits per heavy atom. The van der Waals surface area contributed by atoms with E-state index >= 15 is 0 Å². The van der Waals surface area contributed by atoms with Gasteiger partial charge in [-0.1, -0.05) is 17.3 Å². The molecule has 0 saturated carbocycles. The molecule has 4 rings (SSSR count). The number of likely N-dealkylation sites (tertiary alicyclic amines) is 1. The van der Waals surface area contributed by atoms with Gasteiger partial charge in [0.05, 0.1) is 39.6 Å². The lowest BCUT2D eigenvalue weighted by atomic mass is 9.88. The summed E-state index contributed by atoms with van der Waals surface area (Å²) in [6, 6.07) is 10.9. The molecule has 1 aromatic heterocycles. The van der Waals surface area contributed by atoms with Crippen molar-refractivity contribution in [3.63, 3.8) is 0 Å². The molecule has 0 bridgehead atoms. The standard InChI is InChI=1S/C31H40N6O8/c1-31(2,3)45-29(39)32-13-14-35-19-22(33-34-35)15-25-27(37(30(40)41)17-20-7-10-23(42-4)11-8-20)28(38)36(25)18-21-9-12-24(43-5)16-26(21)44-6/h7-12,16,19,25,27H,13-15,17-18H2,1-6H3,(H,32,39)(H,40,41)/t25-,27+/m1/s1. The summed E-state index contributed by atoms with van der Waals surface area (Å²) in [5.74, 6) is 1.46. The van der Waals surface area contributed by atoms with Gasteiger partial charge in [-0.05, 0) is 50.6 Å². The molecule has 1 aliphatic rings. The van der Waals surface area contributed by atoms with Gasteiger partial charge in [-0.3, -0.25) is 14.4 Å². The van der Waals surface area contributed by atoms with Crippen molar-refractivity contribution in [3.05, 3.63) is 65.5 Å². The van der Waals surface area contributed by atoms with Crippen molar-refractivity contribution in [2.75, 3.05) is 27.9 Å². The van der Waals surface area contributed by atoms with Crippen molar-refractivity contribution in [3.8, 4) is 17.2 Å². The Morgan fingerprint density at radius 1 is 1.02 bits per heavy atom. The minimum Gasteiger partial charge on any atom is -0.497 e. The van der Waals surface area contributed by atoms with E-state index < -0.39 is 29.9 Å². The van der Waals surface area contributed by atoms with Gasteiger partial charge in [0, 0.05) is 43.9 Å². The van der Waals surface area contributed by atoms with Crippen molar-refractivity contribution in [1.82, 2.24) is 30.1 Å². The molecule has 1 fully saturated rings. The molecule has 2 aromatic carbocycles. The highest BCUT2D eigenvalue weighted by Crippen LogP contribution is 2.34. The van der Waals surface area contributed by atoms with Gasteiger partial charge in [-0.2, -0.15) is 0 Å². The molecule has 2 atom stereocenters. The van der Waals surface area contributed by atoms with Crippen molar-refractivity contribution >= 4 is 18.1 Å². The largest absolute Gasteiger partial charge is 0.497 e. The number of alkyl carbamates (subject to hydrolysis) is 1. The summed E-state index contributed by atoms with van der Waals surface area (Å²) in [6.45, 7) is 6.15. The number of rotatable bonds is 13. The highest BCUT2D eigenvalue weighted by atomic mass is 16.6. The zero-order chi connectivity index (χ0) is 32.7. The lowest BCUT2D eigenvalue weighted by Gasteiger charge is -2.50. The fraction of sp³-hybridized carbons (Fsp3) is 0.452. The molecule has 2 N–H and O–H groups in total. The first kappa shape index (κ1) is 32.9. The number of β-lactam (4-membered cyclic amide) rings is 1. The maximum atomic E-state index is 13.7. The molecule has 0 radical (unpaired) electrons. The van der Waals surface area contributed by atoms with Crippen LogP contribution in [0.25, 0.3) is 0 Å². The zero-order valence-electron chi connectivity index (χ0n) is 26.4. The number of carboxylic acid groups (broad SMARTS) is 1. The monoisotopic (exact) mass is 624 g/mol. The average molecular weight is 625 g/mol. The second kappa shape index (κ2) is 14.2. The summed E-state index contributed by atoms with van der Waals surface area (Å²) in [6.07, 6.45) is 0.222. The molecule has 14 heteroatoms. The summed E-state index contributed by atoms with van der Waals surface area (Å²) >= 11 is 0. The normalized spacial score (nSPS) is 16.0. The van der Waals surface area contributed by atoms with Crippen LogP contribution in [0.1, 0.15) is 37.6 Å². The summed E-state index contributed by atoms with van der Waals surface area (Å²) in [5, 5.41) is 21.3. The molecule has 3 amide bonds. The summed E-state index contributed by atoms with van der Waals surface area (Å²) in [5.41, 5.74) is 1.41. The van der Waals surface area contributed by atoms with Gasteiger partial charge >= 0.3 is 12.2 Å². The second-order valence-corrected chi connectivity index (χ2v) is 11.5. The van der Waals surface area contributed by atoms with Gasteiger partial charge < -0.3 is 34.3 Å². The molecular formula is C31H40N6O8. The van der Waals surface area contributed by atoms with E-state index in [1.54, 1.807) is 87.2 Å². The Labute approximate surface area is 261 Å². The quantitative estimate of drug-likeness (QED) is 0.270. The van der Waals surface area contributed by atoms with Crippen LogP contribution in [0.5, 0.6) is 17.2 Å². The minimum absolute atomic E-state index is 0.00889. The van der Waals surface area contributed by atoms with Crippen molar-refractivity contribution in [2.24, 2.45) is 0 Å². The lowest BCUT2D eigenvalue weighted by molar-refractivity contribution is -0.159. The van der Waals surface area contributed by atoms with E-state index in [2.05, 4.69) is 15.6 Å². The first-order chi connectivity index (χ1) is 21.4. The van der Waals surface area contributed by atoms with Gasteiger partial charge in [-0.25, -0.2) is 9.59 Å². The van der Waals surface area contributed by atoms with E-state index in [0.29, 0.717) is 35.1 Å². The average Bonchev–Trinajstić information content (AvgIpc) is 3.45. The second-order valence-electron chi connectivity index (χ2n) is 11.5. The SMILES string of the molecule is COc1ccc(CN(C(=O)O)[C@@H]2C(=O)N(Cc3ccc(OC)cc3OC)[C@@H]2Cc2cn(CCNC(=O)OC(C)(C)C)nn2)cc1. The van der Waals surface area contributed by atoms with Gasteiger partial charge in [0.2, 0.25) is 5.91 Å². The number of carbonyl (C=O) groups excluding carboxylic acids is 2. The Balaban J connectivity index is 1.54. The number of nitrogens with zero attached hydrogens (tertiary/aromatic N) is 5. The molecule has 14 nitrogen and oxygen atoms in total. The Morgan fingerprint density at radius 3 is 2.33 bits per heavy atom. The number of amides is 3. The Hall–Kier alpha value is -5.01. The lowest BCUT2D eigenvalue weighted by Crippen LogP contribution is -2.71. The smallest absolute Gasteiger partial charge is 0.408 e. The fourth-order valence-corrected chi connectivity index (χ4v) is 5.07. The van der Waals surface area contributed by atoms with Gasteiger partial charge in [0.25, 0.3) is 0 Å². The first-order valence-corrected chi connectivity index (χ1v) is 14.4. The van der Waals surface area contributed by atoms with E-state index in [4.69, 9.17) is 18.9 Å². The molecule has 242 valence electrons. The molecule has 0 aliphatic carbocycles. The molecule has 0 unspecified atom stereocenters. The molecule has 1 saturated heterocycles. The number of aromatic nitrogens is 3. The molecule has 0 spiro atoms. The van der Waals surface area contributed by atoms with Crippen LogP contribution < -0.4 is 19.5 Å². The summed E-state index contributed by atoms with van der Waals surface area (Å²) in [4.78, 5) is 41.0. The predicted molar refractivity (Wildman–Crippen MR) is 162 cm³/mol. The van der Waals surface area contributed by atoms with Crippen molar-refractivity contribution < 1.29 is 38.4 Å². The number of benzene rings is 2. The van der Waals surface area contributed by atoms with E-state index in [9.17, 15) is 19.5 Å². The number of methoxy groups -OCH3 is 3. The van der Waals surface area contributed by atoms with E-state index in [1.807, 2.05) is 6.07 Å². The minimum atomic E-state index is -1.22. The van der Waals surface area contributed by atoms with E-state index in [1.165, 1.54) is 7.11 Å². The maximum Gasteiger partial charge on any atom is 0.408 e. The third-order valence-corrected chi connectivity index (χ3v) is 7.24. The third-order valence-electron chi connectivity index (χ3n) is 7.24. The molecule has 1 aliphatic heterocycles. The van der Waals surface area contributed by atoms with Crippen molar-refractivity contribution in [2.45, 2.75) is 64.5 Å². The van der Waals surface area contributed by atoms with Crippen molar-refractivity contribution in [1.29, 1.82) is 0 Å². The topological polar surface area (TPSA) is 158 Å². The highest BCUT2D eigenvalue weighted by molar-refractivity contribution is 5.92. The number of hydrogen-bond acceptors (Lipinski definition) is 9. The number of hydrogen-bond donors (Lipinski definition) is 2. The van der Waals surface area contributed by atoms with Crippen LogP contribution in [-0.2, 0) is 35.6 Å². The molecule has 45 heavy (non-hydrogen) atoms. The first-order valence-electron chi connectivity index (χ1n) is 14.4. The van der Waals surface area contributed by atoms with Crippen LogP contribution in [0.3, 0.4) is 0 Å². The van der Waals surface area contributed by atoms with Gasteiger partial charge in [0.1, 0.15) is 28.9 Å². The summed E-state index contributed by atoms with van der Waals surface area (Å²) < 4.78 is 22.9. The predicted octanol–water partition coefficient (Wildman–Crippen LogP) is 3.33. The number of ether oxygens (including phenoxy) is 4. The van der Waals surface area contributed by atoms with Crippen LogP contribution in [0.15, 0.2) is 48.7 Å². The van der Waals surface area contributed by atoms with Crippen LogP contribution in [0.2, 0.25) is 0 Å². The zero-order valence-corrected chi connectivity index (χ0v) is 26.4. The molecular weight excluding hydrogens is 584 g/mol. The third kappa shape index (κ3) is 8.34. The summed E-state index contributed by atoms with van der Waals surface area (Å²) in [7, 11) is 4.64. The van der Waals surface area contributed by atoms with Crippen LogP contribution >= 0.6 is 0 Å². The fourth-order valence-electron chi connectivity index (χ4n) is 5.07. The highest BCUT2D eigenvalue weighted by Gasteiger charge is 2.52. The Bertz CT molecular complexity index is 1490. The number of carbonyl (C=O) groups is 3. The van der Waals surface area contributed by atoms with E-state index in [-0.39, 0.29) is 32.0 Å². The number of nitrogens with one attached hydrogen (secondary N) is 1. The van der Waals surface area contributed by atoms with Crippen LogP contribution in [0.4, 0.5) is 9.59 Å². The van der Waals surface area contributed by atoms with Gasteiger partial charge in [-0.15, -0.1) is 5.10 Å². The van der Waals surface area contributed by atoms with Crippen LogP contribution in [0, 0.1) is 0 Å². The molecule has 3 aromatic rings. The Kier molecular flexibility index (Phi) is 10.4. The van der Waals surface area contributed by atoms with E-state index in [0.717, 1.165) is 10.5 Å². The maximum absolute atomic E-state index is 13.7. The van der Waals surface area contributed by atoms with Crippen LogP contribution in [-0.4, -0.2) is 93.6 Å². The molecule has 2 heterocycles.